The fraction of sp³-hybridized carbons (Fsp3) is 0.882. The zero-order chi connectivity index (χ0) is 16.1. The van der Waals surface area contributed by atoms with Gasteiger partial charge >= 0.3 is 0 Å². The van der Waals surface area contributed by atoms with Gasteiger partial charge in [-0.2, -0.15) is 0 Å². The summed E-state index contributed by atoms with van der Waals surface area (Å²) in [5.41, 5.74) is 6.04. The van der Waals surface area contributed by atoms with E-state index in [2.05, 4.69) is 10.6 Å². The zero-order valence-corrected chi connectivity index (χ0v) is 13.9. The van der Waals surface area contributed by atoms with Crippen LogP contribution >= 0.6 is 0 Å². The Labute approximate surface area is 133 Å². The molecule has 0 heterocycles. The van der Waals surface area contributed by atoms with E-state index in [0.717, 1.165) is 44.9 Å². The lowest BCUT2D eigenvalue weighted by atomic mass is 9.84. The van der Waals surface area contributed by atoms with Gasteiger partial charge < -0.3 is 16.4 Å². The molecule has 0 aromatic heterocycles. The molecule has 5 nitrogen and oxygen atoms in total. The van der Waals surface area contributed by atoms with Crippen LogP contribution in [0.4, 0.5) is 0 Å². The van der Waals surface area contributed by atoms with E-state index >= 15 is 0 Å². The second-order valence-electron chi connectivity index (χ2n) is 7.35. The number of amides is 2. The van der Waals surface area contributed by atoms with Gasteiger partial charge in [-0.15, -0.1) is 0 Å². The molecule has 2 aliphatic carbocycles. The molecule has 0 aromatic carbocycles. The molecule has 0 aliphatic heterocycles. The highest BCUT2D eigenvalue weighted by atomic mass is 16.2. The van der Waals surface area contributed by atoms with Crippen LogP contribution in [-0.2, 0) is 9.59 Å². The molecule has 5 heteroatoms. The first kappa shape index (κ1) is 17.3. The van der Waals surface area contributed by atoms with Gasteiger partial charge in [0.25, 0.3) is 0 Å². The molecule has 0 bridgehead atoms. The first-order valence-corrected chi connectivity index (χ1v) is 8.81. The lowest BCUT2D eigenvalue weighted by Gasteiger charge is -2.30. The summed E-state index contributed by atoms with van der Waals surface area (Å²) in [7, 11) is 0. The van der Waals surface area contributed by atoms with Crippen LogP contribution in [-0.4, -0.2) is 29.9 Å². The molecular formula is C17H31N3O2. The van der Waals surface area contributed by atoms with Crippen molar-refractivity contribution in [3.05, 3.63) is 0 Å². The van der Waals surface area contributed by atoms with E-state index in [1.54, 1.807) is 0 Å². The maximum Gasteiger partial charge on any atom is 0.223 e. The third kappa shape index (κ3) is 4.97. The average Bonchev–Trinajstić information content (AvgIpc) is 2.83. The predicted octanol–water partition coefficient (Wildman–Crippen LogP) is 1.70. The topological polar surface area (TPSA) is 84.2 Å². The Balaban J connectivity index is 1.77. The highest BCUT2D eigenvalue weighted by molar-refractivity contribution is 5.79. The lowest BCUT2D eigenvalue weighted by Crippen LogP contribution is -2.44. The van der Waals surface area contributed by atoms with Crippen molar-refractivity contribution < 1.29 is 9.59 Å². The summed E-state index contributed by atoms with van der Waals surface area (Å²) in [4.78, 5) is 24.3. The SMILES string of the molecule is CC(C)NC(=O)C1CCCC(NC(=O)C[C@@H]2CCC[C@H]2N)C1. The van der Waals surface area contributed by atoms with E-state index in [0.29, 0.717) is 12.3 Å². The summed E-state index contributed by atoms with van der Waals surface area (Å²) in [5, 5.41) is 6.11. The van der Waals surface area contributed by atoms with Crippen molar-refractivity contribution in [2.75, 3.05) is 0 Å². The largest absolute Gasteiger partial charge is 0.354 e. The molecule has 0 aromatic rings. The Morgan fingerprint density at radius 3 is 2.50 bits per heavy atom. The summed E-state index contributed by atoms with van der Waals surface area (Å²) in [6.07, 6.45) is 7.47. The molecule has 2 amide bonds. The maximum atomic E-state index is 12.2. The Hall–Kier alpha value is -1.10. The van der Waals surface area contributed by atoms with Crippen LogP contribution in [0.1, 0.15) is 65.2 Å². The molecule has 2 aliphatic rings. The van der Waals surface area contributed by atoms with Gasteiger partial charge in [-0.1, -0.05) is 12.8 Å². The van der Waals surface area contributed by atoms with E-state index in [-0.39, 0.29) is 35.9 Å². The third-order valence-corrected chi connectivity index (χ3v) is 5.01. The number of hydrogen-bond donors (Lipinski definition) is 3. The van der Waals surface area contributed by atoms with E-state index in [1.165, 1.54) is 0 Å². The normalized spacial score (nSPS) is 32.0. The molecule has 4 N–H and O–H groups in total. The van der Waals surface area contributed by atoms with E-state index in [1.807, 2.05) is 13.8 Å². The zero-order valence-electron chi connectivity index (χ0n) is 13.9. The summed E-state index contributed by atoms with van der Waals surface area (Å²) in [5.74, 6) is 0.614. The van der Waals surface area contributed by atoms with Crippen LogP contribution in [0.15, 0.2) is 0 Å². The minimum Gasteiger partial charge on any atom is -0.354 e. The van der Waals surface area contributed by atoms with Crippen molar-refractivity contribution >= 4 is 11.8 Å². The van der Waals surface area contributed by atoms with Crippen LogP contribution in [0.25, 0.3) is 0 Å². The molecular weight excluding hydrogens is 278 g/mol. The molecule has 0 spiro atoms. The van der Waals surface area contributed by atoms with Crippen LogP contribution in [0.5, 0.6) is 0 Å². The monoisotopic (exact) mass is 309 g/mol. The Morgan fingerprint density at radius 2 is 1.86 bits per heavy atom. The van der Waals surface area contributed by atoms with Crippen LogP contribution in [0.2, 0.25) is 0 Å². The number of rotatable bonds is 5. The molecule has 2 unspecified atom stereocenters. The number of nitrogens with one attached hydrogen (secondary N) is 2. The standard InChI is InChI=1S/C17H31N3O2/c1-11(2)19-17(22)13-6-3-7-14(9-13)20-16(21)10-12-5-4-8-15(12)18/h11-15H,3-10,18H2,1-2H3,(H,19,22)(H,20,21)/t12-,13?,14?,15+/m0/s1. The quantitative estimate of drug-likeness (QED) is 0.723. The van der Waals surface area contributed by atoms with E-state index in [9.17, 15) is 9.59 Å². The van der Waals surface area contributed by atoms with Crippen molar-refractivity contribution in [2.45, 2.75) is 83.3 Å². The Bertz CT molecular complexity index is 397. The minimum absolute atomic E-state index is 0.0372. The molecule has 126 valence electrons. The molecule has 2 saturated carbocycles. The Morgan fingerprint density at radius 1 is 1.14 bits per heavy atom. The van der Waals surface area contributed by atoms with Crippen LogP contribution in [0, 0.1) is 11.8 Å². The van der Waals surface area contributed by atoms with Crippen molar-refractivity contribution in [2.24, 2.45) is 17.6 Å². The molecule has 2 fully saturated rings. The Kier molecular flexibility index (Phi) is 6.24. The van der Waals surface area contributed by atoms with Gasteiger partial charge in [0.05, 0.1) is 0 Å². The number of carbonyl (C=O) groups is 2. The van der Waals surface area contributed by atoms with Gasteiger partial charge in [0, 0.05) is 30.5 Å². The summed E-state index contributed by atoms with van der Waals surface area (Å²) >= 11 is 0. The second-order valence-corrected chi connectivity index (χ2v) is 7.35. The summed E-state index contributed by atoms with van der Waals surface area (Å²) in [6.45, 7) is 3.95. The number of hydrogen-bond acceptors (Lipinski definition) is 3. The highest BCUT2D eigenvalue weighted by Crippen LogP contribution is 2.28. The molecule has 22 heavy (non-hydrogen) atoms. The van der Waals surface area contributed by atoms with Crippen molar-refractivity contribution in [3.63, 3.8) is 0 Å². The van der Waals surface area contributed by atoms with E-state index in [4.69, 9.17) is 5.73 Å². The molecule has 2 rings (SSSR count). The molecule has 4 atom stereocenters. The van der Waals surface area contributed by atoms with Crippen molar-refractivity contribution in [1.82, 2.24) is 10.6 Å². The third-order valence-electron chi connectivity index (χ3n) is 5.01. The molecule has 0 radical (unpaired) electrons. The van der Waals surface area contributed by atoms with Crippen molar-refractivity contribution in [1.29, 1.82) is 0 Å². The van der Waals surface area contributed by atoms with Gasteiger partial charge in [-0.05, 0) is 51.9 Å². The van der Waals surface area contributed by atoms with Gasteiger partial charge in [0.2, 0.25) is 11.8 Å². The second kappa shape index (κ2) is 7.95. The van der Waals surface area contributed by atoms with Crippen LogP contribution in [0.3, 0.4) is 0 Å². The highest BCUT2D eigenvalue weighted by Gasteiger charge is 2.30. The predicted molar refractivity (Wildman–Crippen MR) is 87.1 cm³/mol. The minimum atomic E-state index is 0.0372. The fourth-order valence-electron chi connectivity index (χ4n) is 3.81. The summed E-state index contributed by atoms with van der Waals surface area (Å²) in [6, 6.07) is 0.495. The maximum absolute atomic E-state index is 12.2. The molecule has 0 saturated heterocycles. The van der Waals surface area contributed by atoms with Gasteiger partial charge in [0.15, 0.2) is 0 Å². The smallest absolute Gasteiger partial charge is 0.223 e. The average molecular weight is 309 g/mol. The van der Waals surface area contributed by atoms with Crippen LogP contribution < -0.4 is 16.4 Å². The first-order chi connectivity index (χ1) is 10.5. The van der Waals surface area contributed by atoms with Gasteiger partial charge in [-0.25, -0.2) is 0 Å². The lowest BCUT2D eigenvalue weighted by molar-refractivity contribution is -0.128. The van der Waals surface area contributed by atoms with Crippen molar-refractivity contribution in [3.8, 4) is 0 Å². The van der Waals surface area contributed by atoms with Gasteiger partial charge in [0.1, 0.15) is 0 Å². The van der Waals surface area contributed by atoms with Gasteiger partial charge in [-0.3, -0.25) is 9.59 Å². The summed E-state index contributed by atoms with van der Waals surface area (Å²) < 4.78 is 0. The number of carbonyl (C=O) groups excluding carboxylic acids is 2. The number of nitrogens with two attached hydrogens (primary N) is 1. The first-order valence-electron chi connectivity index (χ1n) is 8.81. The fourth-order valence-corrected chi connectivity index (χ4v) is 3.81. The van der Waals surface area contributed by atoms with E-state index < -0.39 is 0 Å².